The average Bonchev–Trinajstić information content (AvgIpc) is 2.57. The van der Waals surface area contributed by atoms with Crippen LogP contribution in [0.1, 0.15) is 64.0 Å². The second-order valence-corrected chi connectivity index (χ2v) is 7.35. The minimum absolute atomic E-state index is 0.182. The first kappa shape index (κ1) is 18.5. The molecular weight excluding hydrogens is 300 g/mol. The molecule has 0 aromatic heterocycles. The van der Waals surface area contributed by atoms with Crippen LogP contribution in [-0.4, -0.2) is 17.9 Å². The van der Waals surface area contributed by atoms with E-state index in [1.54, 1.807) is 13.8 Å². The number of hydrogen-bond donors (Lipinski definition) is 2. The third-order valence-electron chi connectivity index (χ3n) is 5.05. The number of aryl methyl sites for hydroxylation is 2. The van der Waals surface area contributed by atoms with E-state index in [1.165, 1.54) is 6.42 Å². The van der Waals surface area contributed by atoms with Gasteiger partial charge in [-0.15, -0.1) is 0 Å². The number of rotatable bonds is 5. The number of carbonyl (C=O) groups excluding carboxylic acids is 2. The highest BCUT2D eigenvalue weighted by molar-refractivity contribution is 6.10. The van der Waals surface area contributed by atoms with Crippen molar-refractivity contribution >= 4 is 17.5 Å². The molecule has 1 aliphatic rings. The Kier molecular flexibility index (Phi) is 6.03. The summed E-state index contributed by atoms with van der Waals surface area (Å²) in [5.74, 6) is -0.432. The Morgan fingerprint density at radius 2 is 1.79 bits per heavy atom. The van der Waals surface area contributed by atoms with Gasteiger partial charge in [-0.25, -0.2) is 0 Å². The summed E-state index contributed by atoms with van der Waals surface area (Å²) in [7, 11) is 0. The van der Waals surface area contributed by atoms with Gasteiger partial charge >= 0.3 is 0 Å². The zero-order chi connectivity index (χ0) is 17.7. The number of benzene rings is 1. The third-order valence-corrected chi connectivity index (χ3v) is 5.05. The number of amides is 2. The predicted molar refractivity (Wildman–Crippen MR) is 98.0 cm³/mol. The van der Waals surface area contributed by atoms with Crippen molar-refractivity contribution in [1.29, 1.82) is 0 Å². The fourth-order valence-corrected chi connectivity index (χ4v) is 3.19. The molecule has 0 atom stereocenters. The van der Waals surface area contributed by atoms with Gasteiger partial charge in [-0.1, -0.05) is 44.4 Å². The molecule has 0 radical (unpaired) electrons. The molecule has 132 valence electrons. The molecule has 0 saturated heterocycles. The van der Waals surface area contributed by atoms with E-state index in [0.29, 0.717) is 0 Å². The van der Waals surface area contributed by atoms with Crippen LogP contribution in [0.15, 0.2) is 18.2 Å². The van der Waals surface area contributed by atoms with E-state index >= 15 is 0 Å². The molecule has 0 spiro atoms. The minimum Gasteiger partial charge on any atom is -0.352 e. The number of para-hydroxylation sites is 1. The van der Waals surface area contributed by atoms with Crippen LogP contribution in [0.3, 0.4) is 0 Å². The molecule has 2 rings (SSSR count). The lowest BCUT2D eigenvalue weighted by Crippen LogP contribution is -2.49. The number of nitrogens with one attached hydrogen (secondary N) is 2. The topological polar surface area (TPSA) is 58.2 Å². The maximum atomic E-state index is 12.8. The summed E-state index contributed by atoms with van der Waals surface area (Å²) in [6.45, 7) is 7.43. The molecule has 24 heavy (non-hydrogen) atoms. The van der Waals surface area contributed by atoms with Crippen molar-refractivity contribution in [3.05, 3.63) is 29.3 Å². The van der Waals surface area contributed by atoms with Crippen LogP contribution in [0.4, 0.5) is 5.69 Å². The minimum atomic E-state index is -1.09. The van der Waals surface area contributed by atoms with E-state index in [4.69, 9.17) is 0 Å². The lowest BCUT2D eigenvalue weighted by molar-refractivity contribution is -0.139. The van der Waals surface area contributed by atoms with Crippen LogP contribution in [0.25, 0.3) is 0 Å². The zero-order valence-corrected chi connectivity index (χ0v) is 15.4. The number of hydrogen-bond acceptors (Lipinski definition) is 2. The fourth-order valence-electron chi connectivity index (χ4n) is 3.19. The first-order valence-corrected chi connectivity index (χ1v) is 9.07. The summed E-state index contributed by atoms with van der Waals surface area (Å²) in [6, 6.07) is 6.19. The summed E-state index contributed by atoms with van der Waals surface area (Å²) in [5.41, 5.74) is 1.85. The molecule has 2 N–H and O–H groups in total. The van der Waals surface area contributed by atoms with Gasteiger partial charge in [0.25, 0.3) is 0 Å². The van der Waals surface area contributed by atoms with Crippen LogP contribution < -0.4 is 10.6 Å². The van der Waals surface area contributed by atoms with Gasteiger partial charge in [0.2, 0.25) is 11.8 Å². The smallest absolute Gasteiger partial charge is 0.239 e. The Bertz CT molecular complexity index is 602. The van der Waals surface area contributed by atoms with Gasteiger partial charge in [0.05, 0.1) is 0 Å². The molecule has 0 bridgehead atoms. The normalized spacial score (nSPS) is 15.8. The SMILES string of the molecule is CCc1cccc(C)c1NC(=O)C(C)(C)C(=O)NC1CCCCC1. The summed E-state index contributed by atoms with van der Waals surface area (Å²) in [4.78, 5) is 25.4. The maximum Gasteiger partial charge on any atom is 0.239 e. The summed E-state index contributed by atoms with van der Waals surface area (Å²) in [6.07, 6.45) is 6.42. The van der Waals surface area contributed by atoms with Gasteiger partial charge in [-0.3, -0.25) is 9.59 Å². The molecule has 4 heteroatoms. The molecule has 2 amide bonds. The Morgan fingerprint density at radius 1 is 1.12 bits per heavy atom. The highest BCUT2D eigenvalue weighted by atomic mass is 16.2. The van der Waals surface area contributed by atoms with Gasteiger partial charge in [-0.05, 0) is 51.2 Å². The summed E-state index contributed by atoms with van der Waals surface area (Å²) < 4.78 is 0. The monoisotopic (exact) mass is 330 g/mol. The number of anilines is 1. The molecule has 1 aliphatic carbocycles. The van der Waals surface area contributed by atoms with E-state index in [9.17, 15) is 9.59 Å². The summed E-state index contributed by atoms with van der Waals surface area (Å²) in [5, 5.41) is 6.06. The van der Waals surface area contributed by atoms with Gasteiger partial charge in [0, 0.05) is 11.7 Å². The van der Waals surface area contributed by atoms with Crippen LogP contribution in [0.2, 0.25) is 0 Å². The molecule has 4 nitrogen and oxygen atoms in total. The van der Waals surface area contributed by atoms with Crippen molar-refractivity contribution < 1.29 is 9.59 Å². The van der Waals surface area contributed by atoms with Crippen molar-refractivity contribution in [1.82, 2.24) is 5.32 Å². The van der Waals surface area contributed by atoms with E-state index in [0.717, 1.165) is 48.9 Å². The van der Waals surface area contributed by atoms with E-state index in [-0.39, 0.29) is 17.9 Å². The quantitative estimate of drug-likeness (QED) is 0.803. The van der Waals surface area contributed by atoms with Crippen LogP contribution in [0.5, 0.6) is 0 Å². The van der Waals surface area contributed by atoms with Crippen LogP contribution in [-0.2, 0) is 16.0 Å². The van der Waals surface area contributed by atoms with E-state index in [2.05, 4.69) is 17.6 Å². The Morgan fingerprint density at radius 3 is 2.42 bits per heavy atom. The van der Waals surface area contributed by atoms with Gasteiger partial charge < -0.3 is 10.6 Å². The van der Waals surface area contributed by atoms with Gasteiger partial charge in [0.1, 0.15) is 5.41 Å². The molecular formula is C20H30N2O2. The highest BCUT2D eigenvalue weighted by Gasteiger charge is 2.37. The van der Waals surface area contributed by atoms with Gasteiger partial charge in [0.15, 0.2) is 0 Å². The van der Waals surface area contributed by atoms with Crippen molar-refractivity contribution in [2.45, 2.75) is 72.3 Å². The lowest BCUT2D eigenvalue weighted by atomic mass is 9.88. The molecule has 1 fully saturated rings. The molecule has 1 aromatic rings. The molecule has 0 aliphatic heterocycles. The standard InChI is InChI=1S/C20H30N2O2/c1-5-15-11-9-10-14(2)17(15)22-19(24)20(3,4)18(23)21-16-12-7-6-8-13-16/h9-11,16H,5-8,12-13H2,1-4H3,(H,21,23)(H,22,24). The molecule has 0 unspecified atom stereocenters. The first-order valence-electron chi connectivity index (χ1n) is 9.07. The van der Waals surface area contributed by atoms with E-state index < -0.39 is 5.41 Å². The maximum absolute atomic E-state index is 12.8. The van der Waals surface area contributed by atoms with Crippen molar-refractivity contribution in [2.24, 2.45) is 5.41 Å². The first-order chi connectivity index (χ1) is 11.4. The van der Waals surface area contributed by atoms with Gasteiger partial charge in [-0.2, -0.15) is 0 Å². The lowest BCUT2D eigenvalue weighted by Gasteiger charge is -2.29. The largest absolute Gasteiger partial charge is 0.352 e. The Labute approximate surface area is 145 Å². The molecule has 1 aromatic carbocycles. The number of carbonyl (C=O) groups is 2. The van der Waals surface area contributed by atoms with Crippen LogP contribution >= 0.6 is 0 Å². The second kappa shape index (κ2) is 7.82. The molecule has 1 saturated carbocycles. The molecule has 0 heterocycles. The Hall–Kier alpha value is -1.84. The zero-order valence-electron chi connectivity index (χ0n) is 15.4. The third kappa shape index (κ3) is 4.16. The van der Waals surface area contributed by atoms with Crippen molar-refractivity contribution in [3.8, 4) is 0 Å². The van der Waals surface area contributed by atoms with Crippen LogP contribution in [0, 0.1) is 12.3 Å². The average molecular weight is 330 g/mol. The second-order valence-electron chi connectivity index (χ2n) is 7.35. The summed E-state index contributed by atoms with van der Waals surface area (Å²) >= 11 is 0. The van der Waals surface area contributed by atoms with E-state index in [1.807, 2.05) is 25.1 Å². The highest BCUT2D eigenvalue weighted by Crippen LogP contribution is 2.26. The van der Waals surface area contributed by atoms with Crippen molar-refractivity contribution in [2.75, 3.05) is 5.32 Å². The van der Waals surface area contributed by atoms with Crippen molar-refractivity contribution in [3.63, 3.8) is 0 Å². The Balaban J connectivity index is 2.08. The predicted octanol–water partition coefficient (Wildman–Crippen LogP) is 3.97. The fraction of sp³-hybridized carbons (Fsp3) is 0.600.